The number of hydrogen-bond acceptors (Lipinski definition) is 4. The van der Waals surface area contributed by atoms with E-state index in [1.165, 1.54) is 0 Å². The normalized spacial score (nSPS) is 10.4. The van der Waals surface area contributed by atoms with Gasteiger partial charge >= 0.3 is 0 Å². The van der Waals surface area contributed by atoms with Crippen molar-refractivity contribution < 1.29 is 0 Å². The molecule has 0 saturated heterocycles. The Labute approximate surface area is 113 Å². The van der Waals surface area contributed by atoms with Crippen molar-refractivity contribution in [3.8, 4) is 6.07 Å². The van der Waals surface area contributed by atoms with Crippen LogP contribution in [0.1, 0.15) is 16.8 Å². The average Bonchev–Trinajstić information content (AvgIpc) is 2.41. The molecule has 0 unspecified atom stereocenters. The Morgan fingerprint density at radius 3 is 2.79 bits per heavy atom. The largest absolute Gasteiger partial charge is 0.398 e. The Bertz CT molecular complexity index is 601. The lowest BCUT2D eigenvalue weighted by Gasteiger charge is -2.17. The van der Waals surface area contributed by atoms with E-state index in [2.05, 4.69) is 9.88 Å². The zero-order chi connectivity index (χ0) is 13.7. The summed E-state index contributed by atoms with van der Waals surface area (Å²) in [7, 11) is 2.03. The highest BCUT2D eigenvalue weighted by atomic mass is 15.1. The van der Waals surface area contributed by atoms with Crippen molar-refractivity contribution in [2.45, 2.75) is 13.1 Å². The molecule has 0 amide bonds. The molecule has 0 radical (unpaired) electrons. The smallest absolute Gasteiger partial charge is 0.140 e. The number of hydrogen-bond donors (Lipinski definition) is 1. The number of pyridine rings is 1. The van der Waals surface area contributed by atoms with Crippen molar-refractivity contribution in [3.05, 3.63) is 59.4 Å². The lowest BCUT2D eigenvalue weighted by atomic mass is 10.1. The van der Waals surface area contributed by atoms with Crippen LogP contribution < -0.4 is 5.73 Å². The van der Waals surface area contributed by atoms with Crippen LogP contribution in [-0.4, -0.2) is 16.9 Å². The van der Waals surface area contributed by atoms with Crippen LogP contribution in [0.5, 0.6) is 0 Å². The molecule has 2 rings (SSSR count). The van der Waals surface area contributed by atoms with Crippen molar-refractivity contribution in [3.63, 3.8) is 0 Å². The van der Waals surface area contributed by atoms with Gasteiger partial charge in [-0.2, -0.15) is 5.26 Å². The molecular formula is C15H16N4. The molecule has 0 spiro atoms. The molecule has 2 N–H and O–H groups in total. The lowest BCUT2D eigenvalue weighted by molar-refractivity contribution is 0.319. The first-order chi connectivity index (χ1) is 9.19. The van der Waals surface area contributed by atoms with Gasteiger partial charge < -0.3 is 5.73 Å². The number of rotatable bonds is 4. The third-order valence-corrected chi connectivity index (χ3v) is 2.89. The van der Waals surface area contributed by atoms with Gasteiger partial charge in [-0.3, -0.25) is 4.90 Å². The molecule has 0 saturated carbocycles. The fraction of sp³-hybridized carbons (Fsp3) is 0.200. The summed E-state index contributed by atoms with van der Waals surface area (Å²) in [5, 5.41) is 8.83. The Morgan fingerprint density at radius 1 is 1.26 bits per heavy atom. The van der Waals surface area contributed by atoms with Gasteiger partial charge in [0.25, 0.3) is 0 Å². The Morgan fingerprint density at radius 2 is 2.05 bits per heavy atom. The van der Waals surface area contributed by atoms with Gasteiger partial charge in [-0.05, 0) is 36.4 Å². The number of anilines is 1. The number of para-hydroxylation sites is 1. The van der Waals surface area contributed by atoms with Crippen molar-refractivity contribution >= 4 is 5.69 Å². The van der Waals surface area contributed by atoms with Crippen LogP contribution in [0.4, 0.5) is 5.69 Å². The summed E-state index contributed by atoms with van der Waals surface area (Å²) in [6, 6.07) is 13.6. The first-order valence-corrected chi connectivity index (χ1v) is 6.06. The molecule has 96 valence electrons. The van der Waals surface area contributed by atoms with Gasteiger partial charge in [-0.1, -0.05) is 18.2 Å². The van der Waals surface area contributed by atoms with E-state index in [1.54, 1.807) is 6.20 Å². The van der Waals surface area contributed by atoms with E-state index in [9.17, 15) is 0 Å². The quantitative estimate of drug-likeness (QED) is 0.847. The molecule has 0 bridgehead atoms. The fourth-order valence-corrected chi connectivity index (χ4v) is 1.97. The average molecular weight is 252 g/mol. The number of nitriles is 1. The molecule has 1 aromatic carbocycles. The SMILES string of the molecule is CN(Cc1ccnc(C#N)c1)Cc1ccccc1N. The molecule has 19 heavy (non-hydrogen) atoms. The Balaban J connectivity index is 2.03. The summed E-state index contributed by atoms with van der Waals surface area (Å²) in [4.78, 5) is 6.12. The number of nitrogens with zero attached hydrogens (tertiary/aromatic N) is 3. The fourth-order valence-electron chi connectivity index (χ4n) is 1.97. The van der Waals surface area contributed by atoms with Gasteiger partial charge in [0.15, 0.2) is 0 Å². The second-order valence-corrected chi connectivity index (χ2v) is 4.53. The molecule has 0 atom stereocenters. The molecule has 4 nitrogen and oxygen atoms in total. The highest BCUT2D eigenvalue weighted by molar-refractivity contribution is 5.46. The summed E-state index contributed by atoms with van der Waals surface area (Å²) in [5.74, 6) is 0. The van der Waals surface area contributed by atoms with Gasteiger partial charge in [-0.25, -0.2) is 4.98 Å². The molecule has 0 aliphatic carbocycles. The maximum atomic E-state index is 8.83. The summed E-state index contributed by atoms with van der Waals surface area (Å²) in [6.45, 7) is 1.53. The van der Waals surface area contributed by atoms with Gasteiger partial charge in [-0.15, -0.1) is 0 Å². The first-order valence-electron chi connectivity index (χ1n) is 6.06. The molecule has 0 aliphatic heterocycles. The summed E-state index contributed by atoms with van der Waals surface area (Å²) in [6.07, 6.45) is 1.67. The maximum Gasteiger partial charge on any atom is 0.140 e. The maximum absolute atomic E-state index is 8.83. The van der Waals surface area contributed by atoms with Gasteiger partial charge in [0, 0.05) is 25.0 Å². The van der Waals surface area contributed by atoms with E-state index in [4.69, 9.17) is 11.0 Å². The monoisotopic (exact) mass is 252 g/mol. The molecular weight excluding hydrogens is 236 g/mol. The van der Waals surface area contributed by atoms with Gasteiger partial charge in [0.1, 0.15) is 11.8 Å². The van der Waals surface area contributed by atoms with Crippen molar-refractivity contribution in [2.75, 3.05) is 12.8 Å². The van der Waals surface area contributed by atoms with E-state index in [0.29, 0.717) is 5.69 Å². The second kappa shape index (κ2) is 5.98. The Hall–Kier alpha value is -2.38. The summed E-state index contributed by atoms with van der Waals surface area (Å²) in [5.41, 5.74) is 9.37. The van der Waals surface area contributed by atoms with E-state index in [0.717, 1.165) is 29.9 Å². The highest BCUT2D eigenvalue weighted by Gasteiger charge is 2.05. The van der Waals surface area contributed by atoms with E-state index < -0.39 is 0 Å². The van der Waals surface area contributed by atoms with E-state index in [-0.39, 0.29) is 0 Å². The van der Waals surface area contributed by atoms with Crippen LogP contribution in [0, 0.1) is 11.3 Å². The molecule has 4 heteroatoms. The predicted octanol–water partition coefficient (Wildman–Crippen LogP) is 2.17. The van der Waals surface area contributed by atoms with Gasteiger partial charge in [0.2, 0.25) is 0 Å². The summed E-state index contributed by atoms with van der Waals surface area (Å²) >= 11 is 0. The van der Waals surface area contributed by atoms with Crippen LogP contribution in [0.15, 0.2) is 42.6 Å². The zero-order valence-corrected chi connectivity index (χ0v) is 10.9. The number of nitrogens with two attached hydrogens (primary N) is 1. The third kappa shape index (κ3) is 3.54. The van der Waals surface area contributed by atoms with E-state index >= 15 is 0 Å². The predicted molar refractivity (Wildman–Crippen MR) is 75.0 cm³/mol. The number of aromatic nitrogens is 1. The number of nitrogen functional groups attached to an aromatic ring is 1. The second-order valence-electron chi connectivity index (χ2n) is 4.53. The molecule has 0 aliphatic rings. The Kier molecular flexibility index (Phi) is 4.11. The third-order valence-electron chi connectivity index (χ3n) is 2.89. The minimum absolute atomic E-state index is 0.449. The van der Waals surface area contributed by atoms with Crippen molar-refractivity contribution in [1.29, 1.82) is 5.26 Å². The van der Waals surface area contributed by atoms with Gasteiger partial charge in [0.05, 0.1) is 0 Å². The number of benzene rings is 1. The summed E-state index contributed by atoms with van der Waals surface area (Å²) < 4.78 is 0. The molecule has 1 heterocycles. The first kappa shape index (κ1) is 13.1. The highest BCUT2D eigenvalue weighted by Crippen LogP contribution is 2.14. The minimum atomic E-state index is 0.449. The van der Waals surface area contributed by atoms with Crippen molar-refractivity contribution in [1.82, 2.24) is 9.88 Å². The lowest BCUT2D eigenvalue weighted by Crippen LogP contribution is -2.18. The minimum Gasteiger partial charge on any atom is -0.398 e. The zero-order valence-electron chi connectivity index (χ0n) is 10.9. The van der Waals surface area contributed by atoms with Crippen molar-refractivity contribution in [2.24, 2.45) is 0 Å². The van der Waals surface area contributed by atoms with Crippen LogP contribution in [-0.2, 0) is 13.1 Å². The van der Waals surface area contributed by atoms with Crippen LogP contribution in [0.2, 0.25) is 0 Å². The molecule has 0 fully saturated rings. The van der Waals surface area contributed by atoms with Crippen LogP contribution in [0.25, 0.3) is 0 Å². The molecule has 1 aromatic heterocycles. The standard InChI is InChI=1S/C15H16N4/c1-19(11-13-4-2-3-5-15(13)17)10-12-6-7-18-14(8-12)9-16/h2-8H,10-11,17H2,1H3. The van der Waals surface area contributed by atoms with Crippen LogP contribution >= 0.6 is 0 Å². The van der Waals surface area contributed by atoms with Crippen LogP contribution in [0.3, 0.4) is 0 Å². The topological polar surface area (TPSA) is 65.9 Å². The molecule has 2 aromatic rings. The van der Waals surface area contributed by atoms with E-state index in [1.807, 2.05) is 49.5 Å².